The number of carbonyl (C=O) groups is 1. The van der Waals surface area contributed by atoms with Crippen molar-refractivity contribution in [3.8, 4) is 5.75 Å². The maximum atomic E-state index is 12.0. The minimum absolute atomic E-state index is 0.278. The van der Waals surface area contributed by atoms with Crippen LogP contribution in [0.25, 0.3) is 0 Å². The van der Waals surface area contributed by atoms with Crippen molar-refractivity contribution < 1.29 is 9.53 Å². The first-order chi connectivity index (χ1) is 10.5. The van der Waals surface area contributed by atoms with Crippen molar-refractivity contribution in [1.29, 1.82) is 0 Å². The van der Waals surface area contributed by atoms with E-state index in [0.29, 0.717) is 10.6 Å². The van der Waals surface area contributed by atoms with E-state index >= 15 is 0 Å². The summed E-state index contributed by atoms with van der Waals surface area (Å²) >= 11 is 11.8. The lowest BCUT2D eigenvalue weighted by Crippen LogP contribution is -2.18. The molecule has 2 aromatic rings. The first-order valence-corrected chi connectivity index (χ1v) is 7.20. The van der Waals surface area contributed by atoms with Gasteiger partial charge in [-0.15, -0.1) is 0 Å². The molecule has 114 valence electrons. The molecule has 0 bridgehead atoms. The van der Waals surface area contributed by atoms with Gasteiger partial charge in [0, 0.05) is 5.02 Å². The highest BCUT2D eigenvalue weighted by Crippen LogP contribution is 2.21. The van der Waals surface area contributed by atoms with Crippen LogP contribution in [0, 0.1) is 6.92 Å². The molecule has 0 aromatic heterocycles. The average Bonchev–Trinajstić information content (AvgIpc) is 2.47. The Morgan fingerprint density at radius 2 is 2.00 bits per heavy atom. The van der Waals surface area contributed by atoms with Crippen LogP contribution in [0.15, 0.2) is 41.5 Å². The predicted octanol–water partition coefficient (Wildman–Crippen LogP) is 4.07. The summed E-state index contributed by atoms with van der Waals surface area (Å²) in [6.07, 6.45) is 1.55. The van der Waals surface area contributed by atoms with Crippen LogP contribution in [-0.4, -0.2) is 19.2 Å². The van der Waals surface area contributed by atoms with E-state index in [1.165, 1.54) is 6.07 Å². The first kappa shape index (κ1) is 16.3. The molecule has 1 N–H and O–H groups in total. The number of nitrogens with one attached hydrogen (secondary N) is 1. The highest BCUT2D eigenvalue weighted by Gasteiger charge is 2.09. The number of hydrogen-bond donors (Lipinski definition) is 1. The zero-order chi connectivity index (χ0) is 16.1. The molecule has 0 aliphatic heterocycles. The Balaban J connectivity index is 2.05. The molecular formula is C16H14Cl2N2O2. The highest BCUT2D eigenvalue weighted by atomic mass is 35.5. The normalized spacial score (nSPS) is 10.7. The standard InChI is InChI=1S/C16H14Cl2N2O2/c1-10-7-11(3-6-15(10)22-2)9-19-20-16(21)13-5-4-12(17)8-14(13)18/h3-9H,1-2H3,(H,20,21)/b19-9+. The molecule has 1 amide bonds. The van der Waals surface area contributed by atoms with E-state index in [4.69, 9.17) is 27.9 Å². The van der Waals surface area contributed by atoms with Crippen molar-refractivity contribution in [3.05, 3.63) is 63.1 Å². The third kappa shape index (κ3) is 4.00. The molecule has 0 fully saturated rings. The zero-order valence-electron chi connectivity index (χ0n) is 12.1. The molecule has 0 saturated heterocycles. The molecular weight excluding hydrogens is 323 g/mol. The number of aryl methyl sites for hydroxylation is 1. The molecule has 2 aromatic carbocycles. The van der Waals surface area contributed by atoms with Crippen molar-refractivity contribution in [1.82, 2.24) is 5.43 Å². The number of halogens is 2. The van der Waals surface area contributed by atoms with Crippen molar-refractivity contribution in [2.24, 2.45) is 5.10 Å². The van der Waals surface area contributed by atoms with Crippen molar-refractivity contribution >= 4 is 35.3 Å². The summed E-state index contributed by atoms with van der Waals surface area (Å²) in [5.41, 5.74) is 4.57. The Morgan fingerprint density at radius 3 is 2.64 bits per heavy atom. The minimum atomic E-state index is -0.400. The second kappa shape index (κ2) is 7.29. The summed E-state index contributed by atoms with van der Waals surface area (Å²) < 4.78 is 5.18. The van der Waals surface area contributed by atoms with E-state index < -0.39 is 5.91 Å². The Labute approximate surface area is 138 Å². The van der Waals surface area contributed by atoms with E-state index in [1.54, 1.807) is 25.5 Å². The Morgan fingerprint density at radius 1 is 1.23 bits per heavy atom. The topological polar surface area (TPSA) is 50.7 Å². The van der Waals surface area contributed by atoms with Crippen LogP contribution in [0.3, 0.4) is 0 Å². The fourth-order valence-corrected chi connectivity index (χ4v) is 2.38. The van der Waals surface area contributed by atoms with Gasteiger partial charge >= 0.3 is 0 Å². The fraction of sp³-hybridized carbons (Fsp3) is 0.125. The monoisotopic (exact) mass is 336 g/mol. The van der Waals surface area contributed by atoms with E-state index in [0.717, 1.165) is 16.9 Å². The SMILES string of the molecule is COc1ccc(/C=N/NC(=O)c2ccc(Cl)cc2Cl)cc1C. The van der Waals surface area contributed by atoms with Crippen LogP contribution in [-0.2, 0) is 0 Å². The molecule has 0 aliphatic rings. The summed E-state index contributed by atoms with van der Waals surface area (Å²) in [6.45, 7) is 1.93. The van der Waals surface area contributed by atoms with Crippen LogP contribution >= 0.6 is 23.2 Å². The van der Waals surface area contributed by atoms with Crippen LogP contribution in [0.1, 0.15) is 21.5 Å². The second-order valence-electron chi connectivity index (χ2n) is 4.55. The molecule has 6 heteroatoms. The number of rotatable bonds is 4. The van der Waals surface area contributed by atoms with Gasteiger partial charge in [-0.25, -0.2) is 5.43 Å². The quantitative estimate of drug-likeness (QED) is 0.675. The number of benzene rings is 2. The van der Waals surface area contributed by atoms with Crippen LogP contribution < -0.4 is 10.2 Å². The highest BCUT2D eigenvalue weighted by molar-refractivity contribution is 6.36. The van der Waals surface area contributed by atoms with Gasteiger partial charge in [0.05, 0.1) is 23.9 Å². The summed E-state index contributed by atoms with van der Waals surface area (Å²) in [5, 5.41) is 4.67. The minimum Gasteiger partial charge on any atom is -0.496 e. The van der Waals surface area contributed by atoms with Crippen LogP contribution in [0.2, 0.25) is 10.0 Å². The Hall–Kier alpha value is -2.04. The van der Waals surface area contributed by atoms with E-state index in [1.807, 2.05) is 25.1 Å². The number of hydrogen-bond acceptors (Lipinski definition) is 3. The zero-order valence-corrected chi connectivity index (χ0v) is 13.6. The number of ether oxygens (including phenoxy) is 1. The largest absolute Gasteiger partial charge is 0.496 e. The predicted molar refractivity (Wildman–Crippen MR) is 89.3 cm³/mol. The van der Waals surface area contributed by atoms with Crippen molar-refractivity contribution in [3.63, 3.8) is 0 Å². The number of amides is 1. The lowest BCUT2D eigenvalue weighted by molar-refractivity contribution is 0.0955. The van der Waals surface area contributed by atoms with Crippen LogP contribution in [0.5, 0.6) is 5.75 Å². The molecule has 0 saturated carbocycles. The van der Waals surface area contributed by atoms with E-state index in [9.17, 15) is 4.79 Å². The summed E-state index contributed by atoms with van der Waals surface area (Å²) in [7, 11) is 1.62. The third-order valence-corrected chi connectivity index (χ3v) is 3.52. The molecule has 0 radical (unpaired) electrons. The second-order valence-corrected chi connectivity index (χ2v) is 5.40. The van der Waals surface area contributed by atoms with Gasteiger partial charge in [-0.1, -0.05) is 23.2 Å². The molecule has 22 heavy (non-hydrogen) atoms. The Bertz CT molecular complexity index is 730. The fourth-order valence-electron chi connectivity index (χ4n) is 1.88. The summed E-state index contributed by atoms with van der Waals surface area (Å²) in [6, 6.07) is 10.2. The van der Waals surface area contributed by atoms with E-state index in [2.05, 4.69) is 10.5 Å². The first-order valence-electron chi connectivity index (χ1n) is 6.44. The molecule has 0 aliphatic carbocycles. The molecule has 0 spiro atoms. The lowest BCUT2D eigenvalue weighted by Gasteiger charge is -2.05. The third-order valence-electron chi connectivity index (χ3n) is 2.97. The van der Waals surface area contributed by atoms with Gasteiger partial charge in [0.15, 0.2) is 0 Å². The average molecular weight is 337 g/mol. The number of hydrazone groups is 1. The molecule has 2 rings (SSSR count). The van der Waals surface area contributed by atoms with Gasteiger partial charge in [0.1, 0.15) is 5.75 Å². The number of methoxy groups -OCH3 is 1. The number of nitrogens with zero attached hydrogens (tertiary/aromatic N) is 1. The lowest BCUT2D eigenvalue weighted by atomic mass is 10.1. The molecule has 4 nitrogen and oxygen atoms in total. The van der Waals surface area contributed by atoms with Gasteiger partial charge in [0.2, 0.25) is 0 Å². The smallest absolute Gasteiger partial charge is 0.272 e. The maximum Gasteiger partial charge on any atom is 0.272 e. The molecule has 0 heterocycles. The van der Waals surface area contributed by atoms with Crippen molar-refractivity contribution in [2.75, 3.05) is 7.11 Å². The van der Waals surface area contributed by atoms with Gasteiger partial charge in [-0.3, -0.25) is 4.79 Å². The summed E-state index contributed by atoms with van der Waals surface area (Å²) in [5.74, 6) is 0.400. The molecule has 0 atom stereocenters. The summed E-state index contributed by atoms with van der Waals surface area (Å²) in [4.78, 5) is 12.0. The van der Waals surface area contributed by atoms with Gasteiger partial charge in [0.25, 0.3) is 5.91 Å². The maximum absolute atomic E-state index is 12.0. The Kier molecular flexibility index (Phi) is 5.41. The molecule has 0 unspecified atom stereocenters. The van der Waals surface area contributed by atoms with Crippen LogP contribution in [0.4, 0.5) is 0 Å². The van der Waals surface area contributed by atoms with E-state index in [-0.39, 0.29) is 5.02 Å². The number of carbonyl (C=O) groups excluding carboxylic acids is 1. The van der Waals surface area contributed by atoms with Gasteiger partial charge in [-0.2, -0.15) is 5.10 Å². The van der Waals surface area contributed by atoms with Crippen molar-refractivity contribution in [2.45, 2.75) is 6.92 Å². The van der Waals surface area contributed by atoms with Gasteiger partial charge in [-0.05, 0) is 54.4 Å². The van der Waals surface area contributed by atoms with Gasteiger partial charge < -0.3 is 4.74 Å².